The van der Waals surface area contributed by atoms with Gasteiger partial charge in [-0.1, -0.05) is 31.2 Å². The highest BCUT2D eigenvalue weighted by molar-refractivity contribution is 5.77. The lowest BCUT2D eigenvalue weighted by Gasteiger charge is -2.21. The van der Waals surface area contributed by atoms with Gasteiger partial charge in [0.15, 0.2) is 0 Å². The van der Waals surface area contributed by atoms with Gasteiger partial charge in [0.05, 0.1) is 12.5 Å². The fraction of sp³-hybridized carbons (Fsp3) is 0.350. The van der Waals surface area contributed by atoms with Crippen LogP contribution in [0.25, 0.3) is 0 Å². The molecule has 3 rings (SSSR count). The predicted molar refractivity (Wildman–Crippen MR) is 90.0 cm³/mol. The Bertz CT molecular complexity index is 689. The highest BCUT2D eigenvalue weighted by Gasteiger charge is 2.24. The Morgan fingerprint density at radius 3 is 2.52 bits per heavy atom. The van der Waals surface area contributed by atoms with Crippen LogP contribution in [0.3, 0.4) is 0 Å². The molecule has 3 heteroatoms. The summed E-state index contributed by atoms with van der Waals surface area (Å²) in [6.07, 6.45) is 2.65. The Morgan fingerprint density at radius 2 is 1.78 bits per heavy atom. The molecule has 0 amide bonds. The second-order valence-corrected chi connectivity index (χ2v) is 6.05. The van der Waals surface area contributed by atoms with E-state index in [1.165, 1.54) is 11.1 Å². The molecule has 0 saturated heterocycles. The number of aryl methyl sites for hydroxylation is 2. The first-order chi connectivity index (χ1) is 11.2. The summed E-state index contributed by atoms with van der Waals surface area (Å²) < 4.78 is 10.9. The molecule has 3 nitrogen and oxygen atoms in total. The minimum absolute atomic E-state index is 0.0443. The van der Waals surface area contributed by atoms with Crippen LogP contribution >= 0.6 is 0 Å². The van der Waals surface area contributed by atoms with Gasteiger partial charge in [-0.05, 0) is 61.1 Å². The van der Waals surface area contributed by atoms with E-state index in [1.54, 1.807) is 0 Å². The van der Waals surface area contributed by atoms with Crippen LogP contribution in [0.1, 0.15) is 30.5 Å². The maximum absolute atomic E-state index is 11.7. The summed E-state index contributed by atoms with van der Waals surface area (Å²) in [4.78, 5) is 11.7. The normalized spacial score (nSPS) is 16.6. The van der Waals surface area contributed by atoms with Crippen LogP contribution in [0.5, 0.6) is 11.5 Å². The van der Waals surface area contributed by atoms with E-state index < -0.39 is 0 Å². The Hall–Kier alpha value is -2.29. The highest BCUT2D eigenvalue weighted by Crippen LogP contribution is 2.29. The number of benzene rings is 2. The fourth-order valence-electron chi connectivity index (χ4n) is 2.85. The van der Waals surface area contributed by atoms with Gasteiger partial charge in [-0.25, -0.2) is 0 Å². The molecular weight excluding hydrogens is 288 g/mol. The molecule has 0 bridgehead atoms. The number of rotatable bonds is 5. The van der Waals surface area contributed by atoms with Crippen molar-refractivity contribution in [1.29, 1.82) is 0 Å². The van der Waals surface area contributed by atoms with Gasteiger partial charge in [-0.15, -0.1) is 0 Å². The zero-order valence-electron chi connectivity index (χ0n) is 13.7. The summed E-state index contributed by atoms with van der Waals surface area (Å²) in [6, 6.07) is 14.5. The van der Waals surface area contributed by atoms with Crippen molar-refractivity contribution in [2.45, 2.75) is 33.1 Å². The molecule has 0 N–H and O–H groups in total. The van der Waals surface area contributed by atoms with E-state index in [9.17, 15) is 4.79 Å². The van der Waals surface area contributed by atoms with Gasteiger partial charge >= 0.3 is 5.97 Å². The van der Waals surface area contributed by atoms with E-state index >= 15 is 0 Å². The Balaban J connectivity index is 1.64. The van der Waals surface area contributed by atoms with E-state index in [0.29, 0.717) is 6.61 Å². The molecule has 1 aliphatic rings. The number of fused-ring (bicyclic) bond motifs is 1. The van der Waals surface area contributed by atoms with Crippen molar-refractivity contribution in [3.8, 4) is 11.5 Å². The summed E-state index contributed by atoms with van der Waals surface area (Å²) in [5.41, 5.74) is 3.60. The van der Waals surface area contributed by atoms with Crippen molar-refractivity contribution >= 4 is 5.97 Å². The predicted octanol–water partition coefficient (Wildman–Crippen LogP) is 3.97. The number of hydrogen-bond acceptors (Lipinski definition) is 3. The SMILES string of the molecule is CCOc1ccc(CCc2ccc3c(c2)OC(=O)C(C)C3)cc1. The van der Waals surface area contributed by atoms with Crippen molar-refractivity contribution in [1.82, 2.24) is 0 Å². The molecule has 0 radical (unpaired) electrons. The molecule has 1 unspecified atom stereocenters. The first kappa shape index (κ1) is 15.6. The van der Waals surface area contributed by atoms with E-state index in [0.717, 1.165) is 36.3 Å². The van der Waals surface area contributed by atoms with Crippen LogP contribution in [0.15, 0.2) is 42.5 Å². The van der Waals surface area contributed by atoms with Crippen LogP contribution in [0.4, 0.5) is 0 Å². The van der Waals surface area contributed by atoms with E-state index in [2.05, 4.69) is 24.3 Å². The number of carbonyl (C=O) groups is 1. The highest BCUT2D eigenvalue weighted by atomic mass is 16.5. The van der Waals surface area contributed by atoms with Crippen molar-refractivity contribution in [3.63, 3.8) is 0 Å². The molecule has 1 aliphatic heterocycles. The lowest BCUT2D eigenvalue weighted by atomic mass is 9.95. The molecular formula is C20H22O3. The average molecular weight is 310 g/mol. The number of carbonyl (C=O) groups excluding carboxylic acids is 1. The fourth-order valence-corrected chi connectivity index (χ4v) is 2.85. The van der Waals surface area contributed by atoms with E-state index in [4.69, 9.17) is 9.47 Å². The van der Waals surface area contributed by atoms with Gasteiger partial charge in [0.1, 0.15) is 11.5 Å². The minimum Gasteiger partial charge on any atom is -0.494 e. The molecule has 0 aliphatic carbocycles. The monoisotopic (exact) mass is 310 g/mol. The first-order valence-electron chi connectivity index (χ1n) is 8.21. The standard InChI is InChI=1S/C20H22O3/c1-3-22-18-10-7-15(8-11-18)4-5-16-6-9-17-12-14(2)20(21)23-19(17)13-16/h6-11,13-14H,3-5,12H2,1-2H3. The second kappa shape index (κ2) is 6.86. The molecule has 0 spiro atoms. The molecule has 23 heavy (non-hydrogen) atoms. The zero-order chi connectivity index (χ0) is 16.2. The lowest BCUT2D eigenvalue weighted by molar-refractivity contribution is -0.139. The van der Waals surface area contributed by atoms with Crippen LogP contribution in [0.2, 0.25) is 0 Å². The molecule has 0 saturated carbocycles. The van der Waals surface area contributed by atoms with Crippen LogP contribution in [-0.4, -0.2) is 12.6 Å². The summed E-state index contributed by atoms with van der Waals surface area (Å²) >= 11 is 0. The van der Waals surface area contributed by atoms with Crippen LogP contribution < -0.4 is 9.47 Å². The molecule has 0 fully saturated rings. The van der Waals surface area contributed by atoms with Crippen molar-refractivity contribution < 1.29 is 14.3 Å². The van der Waals surface area contributed by atoms with Gasteiger partial charge < -0.3 is 9.47 Å². The minimum atomic E-state index is -0.124. The van der Waals surface area contributed by atoms with E-state index in [1.807, 2.05) is 32.0 Å². The molecule has 1 atom stereocenters. The average Bonchev–Trinajstić information content (AvgIpc) is 2.56. The summed E-state index contributed by atoms with van der Waals surface area (Å²) in [5.74, 6) is 1.47. The first-order valence-corrected chi connectivity index (χ1v) is 8.21. The third kappa shape index (κ3) is 3.73. The summed E-state index contributed by atoms with van der Waals surface area (Å²) in [5, 5.41) is 0. The zero-order valence-corrected chi connectivity index (χ0v) is 13.7. The molecule has 2 aromatic rings. The largest absolute Gasteiger partial charge is 0.494 e. The summed E-state index contributed by atoms with van der Waals surface area (Å²) in [7, 11) is 0. The number of ether oxygens (including phenoxy) is 2. The van der Waals surface area contributed by atoms with E-state index in [-0.39, 0.29) is 11.9 Å². The Labute approximate surface area is 137 Å². The van der Waals surface area contributed by atoms with Crippen LogP contribution in [-0.2, 0) is 24.1 Å². The molecule has 120 valence electrons. The smallest absolute Gasteiger partial charge is 0.314 e. The maximum Gasteiger partial charge on any atom is 0.314 e. The maximum atomic E-state index is 11.7. The third-order valence-corrected chi connectivity index (χ3v) is 4.21. The van der Waals surface area contributed by atoms with Crippen LogP contribution in [0, 0.1) is 5.92 Å². The third-order valence-electron chi connectivity index (χ3n) is 4.21. The van der Waals surface area contributed by atoms with Gasteiger partial charge in [0.2, 0.25) is 0 Å². The van der Waals surface area contributed by atoms with Gasteiger partial charge in [0, 0.05) is 0 Å². The Kier molecular flexibility index (Phi) is 4.65. The molecule has 2 aromatic carbocycles. The number of hydrogen-bond donors (Lipinski definition) is 0. The van der Waals surface area contributed by atoms with Crippen molar-refractivity contribution in [2.75, 3.05) is 6.61 Å². The quantitative estimate of drug-likeness (QED) is 0.619. The van der Waals surface area contributed by atoms with Gasteiger partial charge in [0.25, 0.3) is 0 Å². The number of esters is 1. The molecule has 1 heterocycles. The molecule has 0 aromatic heterocycles. The van der Waals surface area contributed by atoms with Crippen molar-refractivity contribution in [3.05, 3.63) is 59.2 Å². The lowest BCUT2D eigenvalue weighted by Crippen LogP contribution is -2.25. The Morgan fingerprint density at radius 1 is 1.09 bits per heavy atom. The topological polar surface area (TPSA) is 35.5 Å². The summed E-state index contributed by atoms with van der Waals surface area (Å²) in [6.45, 7) is 4.58. The second-order valence-electron chi connectivity index (χ2n) is 6.05. The van der Waals surface area contributed by atoms with Gasteiger partial charge in [-0.3, -0.25) is 4.79 Å². The van der Waals surface area contributed by atoms with Crippen molar-refractivity contribution in [2.24, 2.45) is 5.92 Å². The van der Waals surface area contributed by atoms with Gasteiger partial charge in [-0.2, -0.15) is 0 Å².